The Morgan fingerprint density at radius 3 is 2.79 bits per heavy atom. The topological polar surface area (TPSA) is 56.1 Å². The number of fused-ring (bicyclic) bond motifs is 1. The van der Waals surface area contributed by atoms with Crippen LogP contribution in [0.5, 0.6) is 5.75 Å². The molecule has 2 heterocycles. The molecule has 142 valence electrons. The van der Waals surface area contributed by atoms with E-state index >= 15 is 0 Å². The molecule has 1 amide bonds. The van der Waals surface area contributed by atoms with Gasteiger partial charge in [0, 0.05) is 29.5 Å². The molecule has 2 aromatic carbocycles. The first-order chi connectivity index (χ1) is 13.6. The van der Waals surface area contributed by atoms with Crippen LogP contribution in [0, 0.1) is 5.82 Å². The third kappa shape index (κ3) is 3.36. The fourth-order valence-electron chi connectivity index (χ4n) is 3.11. The van der Waals surface area contributed by atoms with Crippen molar-refractivity contribution >= 4 is 27.3 Å². The Balaban J connectivity index is 1.71. The van der Waals surface area contributed by atoms with Crippen molar-refractivity contribution in [2.75, 3.05) is 7.11 Å². The molecule has 1 atom stereocenters. The van der Waals surface area contributed by atoms with Gasteiger partial charge in [0.25, 0.3) is 5.91 Å². The maximum atomic E-state index is 14.0. The molecule has 4 aromatic rings. The van der Waals surface area contributed by atoms with E-state index in [1.54, 1.807) is 31.5 Å². The molecule has 0 bridgehead atoms. The molecule has 5 nitrogen and oxygen atoms in total. The Hall–Kier alpha value is -3.19. The summed E-state index contributed by atoms with van der Waals surface area (Å²) >= 11 is 1.26. The summed E-state index contributed by atoms with van der Waals surface area (Å²) in [6.07, 6.45) is 3.51. The number of benzene rings is 2. The molecule has 0 spiro atoms. The lowest BCUT2D eigenvalue weighted by Crippen LogP contribution is -2.30. The number of nitrogens with zero attached hydrogens (tertiary/aromatic N) is 2. The van der Waals surface area contributed by atoms with Gasteiger partial charge in [-0.3, -0.25) is 4.79 Å². The second-order valence-electron chi connectivity index (χ2n) is 6.34. The van der Waals surface area contributed by atoms with Crippen LogP contribution in [0.2, 0.25) is 0 Å². The van der Waals surface area contributed by atoms with Crippen molar-refractivity contribution in [2.45, 2.75) is 6.04 Å². The molecule has 28 heavy (non-hydrogen) atoms. The van der Waals surface area contributed by atoms with E-state index in [-0.39, 0.29) is 11.7 Å². The molecule has 1 unspecified atom stereocenters. The van der Waals surface area contributed by atoms with E-state index in [1.165, 1.54) is 17.4 Å². The van der Waals surface area contributed by atoms with Crippen molar-refractivity contribution in [1.29, 1.82) is 0 Å². The Morgan fingerprint density at radius 2 is 2.07 bits per heavy atom. The molecule has 0 fully saturated rings. The summed E-state index contributed by atoms with van der Waals surface area (Å²) in [5.74, 6) is 0.765. The number of halogens is 1. The average Bonchev–Trinajstić information content (AvgIpc) is 3.33. The summed E-state index contributed by atoms with van der Waals surface area (Å²) in [7, 11) is 3.47. The zero-order chi connectivity index (χ0) is 19.7. The second-order valence-corrected chi connectivity index (χ2v) is 7.43. The predicted octanol–water partition coefficient (Wildman–Crippen LogP) is 4.30. The summed E-state index contributed by atoms with van der Waals surface area (Å²) < 4.78 is 21.9. The first-order valence-electron chi connectivity index (χ1n) is 8.67. The van der Waals surface area contributed by atoms with Gasteiger partial charge in [-0.2, -0.15) is 0 Å². The van der Waals surface area contributed by atoms with Gasteiger partial charge in [-0.25, -0.2) is 9.37 Å². The molecule has 4 rings (SSSR count). The number of rotatable bonds is 5. The number of hydrogen-bond donors (Lipinski definition) is 1. The quantitative estimate of drug-likeness (QED) is 0.548. The molecule has 7 heteroatoms. The zero-order valence-corrected chi connectivity index (χ0v) is 16.2. The number of carbonyl (C=O) groups excluding carboxylic acids is 1. The Morgan fingerprint density at radius 1 is 1.25 bits per heavy atom. The van der Waals surface area contributed by atoms with Crippen LogP contribution in [0.4, 0.5) is 4.39 Å². The highest BCUT2D eigenvalue weighted by atomic mass is 32.1. The lowest BCUT2D eigenvalue weighted by molar-refractivity contribution is 0.0945. The number of hydrogen-bond acceptors (Lipinski definition) is 4. The third-order valence-electron chi connectivity index (χ3n) is 4.55. The van der Waals surface area contributed by atoms with Crippen LogP contribution in [0.1, 0.15) is 27.1 Å². The number of nitrogens with one attached hydrogen (secondary N) is 1. The van der Waals surface area contributed by atoms with Crippen molar-refractivity contribution in [3.8, 4) is 5.75 Å². The molecule has 1 N–H and O–H groups in total. The number of aromatic nitrogens is 2. The minimum absolute atomic E-state index is 0.281. The standard InChI is InChI=1S/C21H18FN3O2S/c1-25-10-9-23-20(25)19(13-5-3-6-14(11-13)27-2)24-21(26)18-12-15-16(22)7-4-8-17(15)28-18/h3-12,19H,1-2H3,(H,24,26). The lowest BCUT2D eigenvalue weighted by atomic mass is 10.1. The van der Waals surface area contributed by atoms with Crippen LogP contribution < -0.4 is 10.1 Å². The predicted molar refractivity (Wildman–Crippen MR) is 107 cm³/mol. The molecular formula is C21H18FN3O2S. The van der Waals surface area contributed by atoms with E-state index in [0.29, 0.717) is 21.8 Å². The van der Waals surface area contributed by atoms with Crippen molar-refractivity contribution < 1.29 is 13.9 Å². The summed E-state index contributed by atoms with van der Waals surface area (Å²) in [5, 5.41) is 3.49. The van der Waals surface area contributed by atoms with Crippen LogP contribution in [0.25, 0.3) is 10.1 Å². The van der Waals surface area contributed by atoms with Gasteiger partial charge in [-0.05, 0) is 35.9 Å². The first kappa shape index (κ1) is 18.2. The first-order valence-corrected chi connectivity index (χ1v) is 9.48. The smallest absolute Gasteiger partial charge is 0.262 e. The van der Waals surface area contributed by atoms with Crippen molar-refractivity contribution in [1.82, 2.24) is 14.9 Å². The van der Waals surface area contributed by atoms with Gasteiger partial charge in [-0.15, -0.1) is 11.3 Å². The van der Waals surface area contributed by atoms with E-state index < -0.39 is 6.04 Å². The van der Waals surface area contributed by atoms with Crippen molar-refractivity contribution in [3.05, 3.63) is 83.0 Å². The van der Waals surface area contributed by atoms with Crippen LogP contribution in [-0.4, -0.2) is 22.6 Å². The van der Waals surface area contributed by atoms with Gasteiger partial charge >= 0.3 is 0 Å². The Bertz CT molecular complexity index is 1150. The average molecular weight is 395 g/mol. The van der Waals surface area contributed by atoms with Gasteiger partial charge in [0.15, 0.2) is 0 Å². The number of thiophene rings is 1. The van der Waals surface area contributed by atoms with Crippen molar-refractivity contribution in [3.63, 3.8) is 0 Å². The molecule has 0 saturated heterocycles. The Labute approximate surface area is 165 Å². The molecule has 0 radical (unpaired) electrons. The van der Waals surface area contributed by atoms with Gasteiger partial charge in [0.2, 0.25) is 0 Å². The van der Waals surface area contributed by atoms with Gasteiger partial charge in [0.1, 0.15) is 23.4 Å². The number of methoxy groups -OCH3 is 1. The highest BCUT2D eigenvalue weighted by molar-refractivity contribution is 7.20. The third-order valence-corrected chi connectivity index (χ3v) is 5.65. The number of imidazole rings is 1. The number of ether oxygens (including phenoxy) is 1. The number of aryl methyl sites for hydroxylation is 1. The molecule has 2 aromatic heterocycles. The van der Waals surface area contributed by atoms with Crippen LogP contribution in [0.3, 0.4) is 0 Å². The SMILES string of the molecule is COc1cccc(C(NC(=O)c2cc3c(F)cccc3s2)c2nccn2C)c1. The zero-order valence-electron chi connectivity index (χ0n) is 15.3. The van der Waals surface area contributed by atoms with Crippen molar-refractivity contribution in [2.24, 2.45) is 7.05 Å². The highest BCUT2D eigenvalue weighted by Crippen LogP contribution is 2.29. The molecule has 0 aliphatic heterocycles. The molecule has 0 aliphatic carbocycles. The normalized spacial score (nSPS) is 12.1. The largest absolute Gasteiger partial charge is 0.497 e. The Kier molecular flexibility index (Phi) is 4.83. The fourth-order valence-corrected chi connectivity index (χ4v) is 4.09. The highest BCUT2D eigenvalue weighted by Gasteiger charge is 2.23. The van der Waals surface area contributed by atoms with E-state index in [2.05, 4.69) is 10.3 Å². The van der Waals surface area contributed by atoms with Crippen LogP contribution in [-0.2, 0) is 7.05 Å². The maximum absolute atomic E-state index is 14.0. The molecular weight excluding hydrogens is 377 g/mol. The maximum Gasteiger partial charge on any atom is 0.262 e. The van der Waals surface area contributed by atoms with E-state index in [0.717, 1.165) is 10.3 Å². The fraction of sp³-hybridized carbons (Fsp3) is 0.143. The van der Waals surface area contributed by atoms with Gasteiger partial charge < -0.3 is 14.6 Å². The van der Waals surface area contributed by atoms with Crippen LogP contribution >= 0.6 is 11.3 Å². The van der Waals surface area contributed by atoms with E-state index in [4.69, 9.17) is 4.74 Å². The van der Waals surface area contributed by atoms with Gasteiger partial charge in [0.05, 0.1) is 12.0 Å². The van der Waals surface area contributed by atoms with E-state index in [9.17, 15) is 9.18 Å². The lowest BCUT2D eigenvalue weighted by Gasteiger charge is -2.19. The summed E-state index contributed by atoms with van der Waals surface area (Å²) in [6.45, 7) is 0. The number of amides is 1. The van der Waals surface area contributed by atoms with Gasteiger partial charge in [-0.1, -0.05) is 18.2 Å². The summed E-state index contributed by atoms with van der Waals surface area (Å²) in [4.78, 5) is 17.8. The number of carbonyl (C=O) groups is 1. The summed E-state index contributed by atoms with van der Waals surface area (Å²) in [6, 6.07) is 13.4. The van der Waals surface area contributed by atoms with Crippen LogP contribution in [0.15, 0.2) is 60.9 Å². The van der Waals surface area contributed by atoms with E-state index in [1.807, 2.05) is 42.1 Å². The molecule has 0 aliphatic rings. The summed E-state index contributed by atoms with van der Waals surface area (Å²) in [5.41, 5.74) is 0.842. The second kappa shape index (κ2) is 7.44. The monoisotopic (exact) mass is 395 g/mol. The minimum atomic E-state index is -0.474. The minimum Gasteiger partial charge on any atom is -0.497 e. The molecule has 0 saturated carbocycles.